The minimum Gasteiger partial charge on any atom is -0.495 e. The maximum Gasteiger partial charge on any atom is 0.324 e. The molecule has 2 N–H and O–H groups in total. The summed E-state index contributed by atoms with van der Waals surface area (Å²) in [4.78, 5) is 20.0. The molecule has 0 aliphatic heterocycles. The lowest BCUT2D eigenvalue weighted by atomic mass is 10.0. The summed E-state index contributed by atoms with van der Waals surface area (Å²) in [6.45, 7) is 0. The number of rotatable bonds is 4. The van der Waals surface area contributed by atoms with Gasteiger partial charge in [-0.05, 0) is 23.3 Å². The summed E-state index contributed by atoms with van der Waals surface area (Å²) in [5, 5.41) is 14.0. The van der Waals surface area contributed by atoms with Crippen LogP contribution >= 0.6 is 0 Å². The predicted molar refractivity (Wildman–Crippen MR) is 97.8 cm³/mol. The highest BCUT2D eigenvalue weighted by Crippen LogP contribution is 2.30. The molecule has 0 aliphatic rings. The van der Waals surface area contributed by atoms with Gasteiger partial charge in [0.15, 0.2) is 11.5 Å². The molecule has 0 fully saturated rings. The van der Waals surface area contributed by atoms with Gasteiger partial charge >= 0.3 is 6.03 Å². The summed E-state index contributed by atoms with van der Waals surface area (Å²) in [5.74, 6) is 0.769. The summed E-state index contributed by atoms with van der Waals surface area (Å²) in [5.41, 5.74) is 2.66. The minimum atomic E-state index is -0.493. The van der Waals surface area contributed by atoms with Gasteiger partial charge in [0, 0.05) is 0 Å². The molecular formula is C19H15N5O2. The largest absolute Gasteiger partial charge is 0.495 e. The molecular weight excluding hydrogens is 330 g/mol. The molecule has 0 aliphatic carbocycles. The first-order valence-corrected chi connectivity index (χ1v) is 7.73. The Bertz CT molecular complexity index is 950. The standard InChI is InChI=1S/C19H15N5O2/c1-26-17-8-7-14(13-5-3-2-4-6-13)9-16(17)23-19(25)24-18-12-21-15(10-20)11-22-18/h2-9,11-12H,1H3,(H2,22,23,24,25). The highest BCUT2D eigenvalue weighted by molar-refractivity contribution is 6.00. The number of hydrogen-bond acceptors (Lipinski definition) is 5. The zero-order valence-electron chi connectivity index (χ0n) is 13.9. The van der Waals surface area contributed by atoms with Gasteiger partial charge in [-0.1, -0.05) is 36.4 Å². The van der Waals surface area contributed by atoms with Crippen LogP contribution in [-0.2, 0) is 0 Å². The molecule has 0 radical (unpaired) electrons. The van der Waals surface area contributed by atoms with E-state index in [4.69, 9.17) is 10.00 Å². The Labute approximate surface area is 150 Å². The first kappa shape index (κ1) is 16.9. The number of aromatic nitrogens is 2. The van der Waals surface area contributed by atoms with E-state index in [0.29, 0.717) is 11.4 Å². The number of nitrogens with one attached hydrogen (secondary N) is 2. The molecule has 0 atom stereocenters. The molecule has 0 saturated heterocycles. The zero-order chi connectivity index (χ0) is 18.4. The van der Waals surface area contributed by atoms with Crippen molar-refractivity contribution in [2.75, 3.05) is 17.7 Å². The average molecular weight is 345 g/mol. The van der Waals surface area contributed by atoms with E-state index in [1.165, 1.54) is 19.5 Å². The molecule has 3 rings (SSSR count). The Kier molecular flexibility index (Phi) is 5.05. The number of carbonyl (C=O) groups is 1. The van der Waals surface area contributed by atoms with Crippen molar-refractivity contribution in [3.63, 3.8) is 0 Å². The number of methoxy groups -OCH3 is 1. The third-order valence-electron chi connectivity index (χ3n) is 3.56. The Morgan fingerprint density at radius 1 is 1.04 bits per heavy atom. The molecule has 2 aromatic carbocycles. The second-order valence-corrected chi connectivity index (χ2v) is 5.26. The van der Waals surface area contributed by atoms with Gasteiger partial charge in [0.25, 0.3) is 0 Å². The van der Waals surface area contributed by atoms with E-state index >= 15 is 0 Å². The van der Waals surface area contributed by atoms with Crippen LogP contribution in [-0.4, -0.2) is 23.1 Å². The van der Waals surface area contributed by atoms with Crippen LogP contribution in [0.4, 0.5) is 16.3 Å². The lowest BCUT2D eigenvalue weighted by Crippen LogP contribution is -2.20. The van der Waals surface area contributed by atoms with Gasteiger partial charge in [-0.3, -0.25) is 5.32 Å². The SMILES string of the molecule is COc1ccc(-c2ccccc2)cc1NC(=O)Nc1cnc(C#N)cn1. The van der Waals surface area contributed by atoms with Crippen molar-refractivity contribution >= 4 is 17.5 Å². The molecule has 1 aromatic heterocycles. The third kappa shape index (κ3) is 3.94. The molecule has 1 heterocycles. The van der Waals surface area contributed by atoms with Crippen LogP contribution in [0, 0.1) is 11.3 Å². The fourth-order valence-electron chi connectivity index (χ4n) is 2.34. The van der Waals surface area contributed by atoms with Crippen molar-refractivity contribution in [2.45, 2.75) is 0 Å². The number of anilines is 2. The molecule has 3 aromatic rings. The van der Waals surface area contributed by atoms with Gasteiger partial charge in [-0.25, -0.2) is 14.8 Å². The minimum absolute atomic E-state index is 0.174. The van der Waals surface area contributed by atoms with E-state index in [2.05, 4.69) is 20.6 Å². The van der Waals surface area contributed by atoms with Crippen molar-refractivity contribution in [1.82, 2.24) is 9.97 Å². The third-order valence-corrected chi connectivity index (χ3v) is 3.56. The Balaban J connectivity index is 1.79. The van der Waals surface area contributed by atoms with Gasteiger partial charge in [0.1, 0.15) is 11.8 Å². The van der Waals surface area contributed by atoms with Crippen molar-refractivity contribution in [3.05, 3.63) is 66.6 Å². The number of nitrogens with zero attached hydrogens (tertiary/aromatic N) is 3. The van der Waals surface area contributed by atoms with Gasteiger partial charge in [-0.15, -0.1) is 0 Å². The summed E-state index contributed by atoms with van der Waals surface area (Å²) in [7, 11) is 1.53. The van der Waals surface area contributed by atoms with Gasteiger partial charge < -0.3 is 10.1 Å². The summed E-state index contributed by atoms with van der Waals surface area (Å²) < 4.78 is 5.31. The van der Waals surface area contributed by atoms with Crippen LogP contribution in [0.15, 0.2) is 60.9 Å². The fourth-order valence-corrected chi connectivity index (χ4v) is 2.34. The Morgan fingerprint density at radius 3 is 2.50 bits per heavy atom. The monoisotopic (exact) mass is 345 g/mol. The van der Waals surface area contributed by atoms with Crippen molar-refractivity contribution in [3.8, 4) is 22.9 Å². The molecule has 2 amide bonds. The molecule has 0 bridgehead atoms. The highest BCUT2D eigenvalue weighted by atomic mass is 16.5. The van der Waals surface area contributed by atoms with Crippen LogP contribution in [0.3, 0.4) is 0 Å². The number of amides is 2. The maximum absolute atomic E-state index is 12.2. The molecule has 26 heavy (non-hydrogen) atoms. The topological polar surface area (TPSA) is 99.9 Å². The molecule has 0 spiro atoms. The number of urea groups is 1. The highest BCUT2D eigenvalue weighted by Gasteiger charge is 2.10. The normalized spacial score (nSPS) is 9.85. The smallest absolute Gasteiger partial charge is 0.324 e. The first-order chi connectivity index (χ1) is 12.7. The van der Waals surface area contributed by atoms with Crippen molar-refractivity contribution < 1.29 is 9.53 Å². The van der Waals surface area contributed by atoms with E-state index in [1.54, 1.807) is 6.07 Å². The summed E-state index contributed by atoms with van der Waals surface area (Å²) in [6.07, 6.45) is 2.60. The number of nitriles is 1. The van der Waals surface area contributed by atoms with E-state index in [1.807, 2.05) is 48.5 Å². The second kappa shape index (κ2) is 7.77. The van der Waals surface area contributed by atoms with E-state index in [-0.39, 0.29) is 11.5 Å². The zero-order valence-corrected chi connectivity index (χ0v) is 13.9. The van der Waals surface area contributed by atoms with Gasteiger partial charge in [-0.2, -0.15) is 5.26 Å². The van der Waals surface area contributed by atoms with Crippen LogP contribution in [0.25, 0.3) is 11.1 Å². The Morgan fingerprint density at radius 2 is 1.85 bits per heavy atom. The number of carbonyl (C=O) groups excluding carboxylic acids is 1. The molecule has 128 valence electrons. The van der Waals surface area contributed by atoms with Crippen LogP contribution in [0.1, 0.15) is 5.69 Å². The Hall–Kier alpha value is -3.92. The number of hydrogen-bond donors (Lipinski definition) is 2. The maximum atomic E-state index is 12.2. The quantitative estimate of drug-likeness (QED) is 0.751. The van der Waals surface area contributed by atoms with Crippen LogP contribution in [0.2, 0.25) is 0 Å². The van der Waals surface area contributed by atoms with E-state index in [0.717, 1.165) is 11.1 Å². The van der Waals surface area contributed by atoms with E-state index < -0.39 is 6.03 Å². The lowest BCUT2D eigenvalue weighted by Gasteiger charge is -2.13. The predicted octanol–water partition coefficient (Wildman–Crippen LogP) is 3.67. The number of benzene rings is 2. The lowest BCUT2D eigenvalue weighted by molar-refractivity contribution is 0.262. The molecule has 7 nitrogen and oxygen atoms in total. The fraction of sp³-hybridized carbons (Fsp3) is 0.0526. The van der Waals surface area contributed by atoms with Crippen molar-refractivity contribution in [1.29, 1.82) is 5.26 Å². The van der Waals surface area contributed by atoms with Crippen LogP contribution < -0.4 is 15.4 Å². The number of ether oxygens (including phenoxy) is 1. The summed E-state index contributed by atoms with van der Waals surface area (Å²) >= 11 is 0. The average Bonchev–Trinajstić information content (AvgIpc) is 2.69. The molecule has 7 heteroatoms. The molecule has 0 unspecified atom stereocenters. The van der Waals surface area contributed by atoms with Crippen molar-refractivity contribution in [2.24, 2.45) is 0 Å². The van der Waals surface area contributed by atoms with E-state index in [9.17, 15) is 4.79 Å². The second-order valence-electron chi connectivity index (χ2n) is 5.26. The summed E-state index contributed by atoms with van der Waals surface area (Å²) in [6, 6.07) is 16.7. The van der Waals surface area contributed by atoms with Gasteiger partial charge in [0.05, 0.1) is 25.2 Å². The first-order valence-electron chi connectivity index (χ1n) is 7.73. The van der Waals surface area contributed by atoms with Gasteiger partial charge in [0.2, 0.25) is 0 Å². The van der Waals surface area contributed by atoms with Crippen LogP contribution in [0.5, 0.6) is 5.75 Å². The molecule has 0 saturated carbocycles.